The van der Waals surface area contributed by atoms with Crippen LogP contribution in [0, 0.1) is 13.8 Å². The molecule has 0 amide bonds. The summed E-state index contributed by atoms with van der Waals surface area (Å²) in [7, 11) is 2.78. The van der Waals surface area contributed by atoms with Gasteiger partial charge in [-0.15, -0.1) is 0 Å². The van der Waals surface area contributed by atoms with Gasteiger partial charge in [-0.05, 0) is 39.0 Å². The summed E-state index contributed by atoms with van der Waals surface area (Å²) in [6.07, 6.45) is 0. The van der Waals surface area contributed by atoms with Crippen molar-refractivity contribution in [1.29, 1.82) is 0 Å². The van der Waals surface area contributed by atoms with Gasteiger partial charge in [0.15, 0.2) is 0 Å². The maximum Gasteiger partial charge on any atom is 0.343 e. The number of carbonyl (C=O) groups excluding carboxylic acids is 1. The summed E-state index contributed by atoms with van der Waals surface area (Å²) in [5.74, 6) is 2.09. The highest BCUT2D eigenvalue weighted by Crippen LogP contribution is 2.26. The number of ether oxygens (including phenoxy) is 2. The molecule has 0 spiro atoms. The van der Waals surface area contributed by atoms with Crippen molar-refractivity contribution in [3.63, 3.8) is 0 Å². The molecule has 6 nitrogen and oxygen atoms in total. The van der Waals surface area contributed by atoms with E-state index in [4.69, 9.17) is 13.9 Å². The Kier molecular flexibility index (Phi) is 4.70. The predicted molar refractivity (Wildman–Crippen MR) is 82.3 cm³/mol. The summed E-state index contributed by atoms with van der Waals surface area (Å²) in [6.45, 7) is 5.85. The van der Waals surface area contributed by atoms with Gasteiger partial charge in [0.05, 0.1) is 20.3 Å². The Morgan fingerprint density at radius 2 is 2.05 bits per heavy atom. The van der Waals surface area contributed by atoms with Crippen LogP contribution in [0.25, 0.3) is 0 Å². The lowest BCUT2D eigenvalue weighted by Gasteiger charge is -2.15. The minimum Gasteiger partial charge on any atom is -0.480 e. The van der Waals surface area contributed by atoms with Crippen molar-refractivity contribution >= 4 is 11.8 Å². The molecule has 118 valence electrons. The van der Waals surface area contributed by atoms with E-state index in [1.54, 1.807) is 12.1 Å². The number of rotatable bonds is 5. The van der Waals surface area contributed by atoms with Crippen molar-refractivity contribution in [3.05, 3.63) is 40.8 Å². The number of hydrogen-bond donors (Lipinski definition) is 1. The zero-order valence-electron chi connectivity index (χ0n) is 13.4. The Hall–Kier alpha value is -2.50. The quantitative estimate of drug-likeness (QED) is 0.855. The molecule has 0 saturated carbocycles. The van der Waals surface area contributed by atoms with Crippen molar-refractivity contribution in [2.45, 2.75) is 26.8 Å². The van der Waals surface area contributed by atoms with E-state index in [9.17, 15) is 4.79 Å². The maximum atomic E-state index is 11.6. The van der Waals surface area contributed by atoms with Gasteiger partial charge >= 0.3 is 5.97 Å². The largest absolute Gasteiger partial charge is 0.480 e. The molecule has 0 saturated heterocycles. The second-order valence-corrected chi connectivity index (χ2v) is 4.98. The molecule has 0 aliphatic carbocycles. The van der Waals surface area contributed by atoms with Crippen LogP contribution in [0.1, 0.15) is 40.4 Å². The average Bonchev–Trinajstić information content (AvgIpc) is 2.85. The molecule has 1 atom stereocenters. The molecule has 2 aromatic heterocycles. The summed E-state index contributed by atoms with van der Waals surface area (Å²) < 4.78 is 15.4. The summed E-state index contributed by atoms with van der Waals surface area (Å²) >= 11 is 0. The third kappa shape index (κ3) is 3.21. The first kappa shape index (κ1) is 15.9. The molecule has 1 N–H and O–H groups in total. The lowest BCUT2D eigenvalue weighted by molar-refractivity contribution is 0.0596. The number of anilines is 1. The Labute approximate surface area is 129 Å². The number of carbonyl (C=O) groups is 1. The number of pyridine rings is 1. The van der Waals surface area contributed by atoms with Gasteiger partial charge in [-0.1, -0.05) is 0 Å². The highest BCUT2D eigenvalue weighted by molar-refractivity contribution is 5.92. The monoisotopic (exact) mass is 304 g/mol. The Balaban J connectivity index is 2.23. The molecule has 6 heteroatoms. The van der Waals surface area contributed by atoms with E-state index in [1.165, 1.54) is 14.2 Å². The first-order valence-electron chi connectivity index (χ1n) is 6.93. The van der Waals surface area contributed by atoms with E-state index < -0.39 is 5.97 Å². The molecule has 1 unspecified atom stereocenters. The molecule has 2 aromatic rings. The molecule has 0 fully saturated rings. The number of aryl methyl sites for hydroxylation is 2. The Morgan fingerprint density at radius 3 is 2.59 bits per heavy atom. The highest BCUT2D eigenvalue weighted by atomic mass is 16.5. The van der Waals surface area contributed by atoms with Gasteiger partial charge in [-0.2, -0.15) is 4.98 Å². The zero-order valence-corrected chi connectivity index (χ0v) is 13.4. The van der Waals surface area contributed by atoms with Gasteiger partial charge in [0.1, 0.15) is 22.9 Å². The van der Waals surface area contributed by atoms with Crippen molar-refractivity contribution in [2.75, 3.05) is 19.5 Å². The number of nitrogens with zero attached hydrogens (tertiary/aromatic N) is 1. The van der Waals surface area contributed by atoms with E-state index in [0.717, 1.165) is 17.1 Å². The number of methoxy groups -OCH3 is 2. The van der Waals surface area contributed by atoms with Gasteiger partial charge in [-0.3, -0.25) is 0 Å². The van der Waals surface area contributed by atoms with Gasteiger partial charge in [0.2, 0.25) is 5.88 Å². The van der Waals surface area contributed by atoms with Crippen LogP contribution >= 0.6 is 0 Å². The van der Waals surface area contributed by atoms with E-state index in [-0.39, 0.29) is 11.9 Å². The van der Waals surface area contributed by atoms with E-state index in [1.807, 2.05) is 26.8 Å². The molecule has 0 aliphatic heterocycles. The molecular weight excluding hydrogens is 284 g/mol. The Morgan fingerprint density at radius 1 is 1.32 bits per heavy atom. The fraction of sp³-hybridized carbons (Fsp3) is 0.375. The van der Waals surface area contributed by atoms with Gasteiger partial charge in [0, 0.05) is 5.56 Å². The summed E-state index contributed by atoms with van der Waals surface area (Å²) in [5, 5.41) is 3.27. The number of furan rings is 1. The normalized spacial score (nSPS) is 11.9. The first-order chi connectivity index (χ1) is 10.5. The van der Waals surface area contributed by atoms with E-state index >= 15 is 0 Å². The van der Waals surface area contributed by atoms with Crippen molar-refractivity contribution in [3.8, 4) is 5.88 Å². The summed E-state index contributed by atoms with van der Waals surface area (Å²) in [6, 6.07) is 5.35. The molecule has 0 bridgehead atoms. The van der Waals surface area contributed by atoms with Crippen LogP contribution in [-0.4, -0.2) is 25.2 Å². The van der Waals surface area contributed by atoms with Crippen LogP contribution in [0.15, 0.2) is 22.6 Å². The lowest BCUT2D eigenvalue weighted by Crippen LogP contribution is -2.11. The first-order valence-corrected chi connectivity index (χ1v) is 6.93. The van der Waals surface area contributed by atoms with Crippen molar-refractivity contribution in [2.24, 2.45) is 0 Å². The van der Waals surface area contributed by atoms with E-state index in [2.05, 4.69) is 10.3 Å². The standard InChI is InChI=1S/C16H20N2O4/c1-9-8-13(11(3)22-9)10(2)17-14-7-6-12(16(19)21-5)15(18-14)20-4/h6-8,10H,1-5H3,(H,17,18). The topological polar surface area (TPSA) is 73.6 Å². The van der Waals surface area contributed by atoms with Crippen LogP contribution in [0.2, 0.25) is 0 Å². The van der Waals surface area contributed by atoms with E-state index in [0.29, 0.717) is 11.4 Å². The molecule has 2 heterocycles. The molecular formula is C16H20N2O4. The maximum absolute atomic E-state index is 11.6. The third-order valence-corrected chi connectivity index (χ3v) is 3.37. The van der Waals surface area contributed by atoms with Crippen LogP contribution in [-0.2, 0) is 4.74 Å². The van der Waals surface area contributed by atoms with Gasteiger partial charge in [-0.25, -0.2) is 4.79 Å². The number of aromatic nitrogens is 1. The van der Waals surface area contributed by atoms with Crippen LogP contribution in [0.4, 0.5) is 5.82 Å². The summed E-state index contributed by atoms with van der Waals surface area (Å²) in [5.41, 5.74) is 1.36. The number of esters is 1. The average molecular weight is 304 g/mol. The number of nitrogens with one attached hydrogen (secondary N) is 1. The lowest BCUT2D eigenvalue weighted by atomic mass is 10.1. The molecule has 0 radical (unpaired) electrons. The van der Waals surface area contributed by atoms with Crippen LogP contribution in [0.3, 0.4) is 0 Å². The SMILES string of the molecule is COC(=O)c1ccc(NC(C)c2cc(C)oc2C)nc1OC. The van der Waals surface area contributed by atoms with Crippen LogP contribution in [0.5, 0.6) is 5.88 Å². The number of hydrogen-bond acceptors (Lipinski definition) is 6. The van der Waals surface area contributed by atoms with Crippen LogP contribution < -0.4 is 10.1 Å². The predicted octanol–water partition coefficient (Wildman–Crippen LogP) is 3.26. The third-order valence-electron chi connectivity index (χ3n) is 3.37. The molecule has 22 heavy (non-hydrogen) atoms. The highest BCUT2D eigenvalue weighted by Gasteiger charge is 2.17. The minimum atomic E-state index is -0.481. The minimum absolute atomic E-state index is 0.0126. The molecule has 2 rings (SSSR count). The van der Waals surface area contributed by atoms with Gasteiger partial charge in [0.25, 0.3) is 0 Å². The second-order valence-electron chi connectivity index (χ2n) is 4.98. The smallest absolute Gasteiger partial charge is 0.343 e. The zero-order chi connectivity index (χ0) is 16.3. The fourth-order valence-corrected chi connectivity index (χ4v) is 2.32. The fourth-order valence-electron chi connectivity index (χ4n) is 2.32. The second kappa shape index (κ2) is 6.51. The molecule has 0 aromatic carbocycles. The van der Waals surface area contributed by atoms with Crippen molar-refractivity contribution in [1.82, 2.24) is 4.98 Å². The Bertz CT molecular complexity index is 679. The molecule has 0 aliphatic rings. The van der Waals surface area contributed by atoms with Crippen molar-refractivity contribution < 1.29 is 18.7 Å². The summed E-state index contributed by atoms with van der Waals surface area (Å²) in [4.78, 5) is 15.9. The van der Waals surface area contributed by atoms with Gasteiger partial charge < -0.3 is 19.2 Å².